The summed E-state index contributed by atoms with van der Waals surface area (Å²) < 4.78 is 5.29. The van der Waals surface area contributed by atoms with Gasteiger partial charge in [-0.25, -0.2) is 9.78 Å². The molecular formula is C11H13NO3. The Bertz CT molecular complexity index is 357. The minimum absolute atomic E-state index is 0.155. The van der Waals surface area contributed by atoms with Crippen molar-refractivity contribution in [2.75, 3.05) is 6.61 Å². The molecule has 0 aliphatic heterocycles. The molecule has 15 heavy (non-hydrogen) atoms. The van der Waals surface area contributed by atoms with Gasteiger partial charge in [0.25, 0.3) is 0 Å². The van der Waals surface area contributed by atoms with Gasteiger partial charge in [0.2, 0.25) is 5.88 Å². The lowest BCUT2D eigenvalue weighted by Crippen LogP contribution is -2.01. The normalized spacial score (nSPS) is 9.67. The Morgan fingerprint density at radius 1 is 1.60 bits per heavy atom. The van der Waals surface area contributed by atoms with Gasteiger partial charge in [-0.15, -0.1) is 6.58 Å². The van der Waals surface area contributed by atoms with Gasteiger partial charge >= 0.3 is 5.97 Å². The molecule has 0 fully saturated rings. The molecule has 0 saturated heterocycles. The van der Waals surface area contributed by atoms with Crippen molar-refractivity contribution >= 4 is 5.97 Å². The van der Waals surface area contributed by atoms with E-state index in [2.05, 4.69) is 11.6 Å². The van der Waals surface area contributed by atoms with Crippen LogP contribution >= 0.6 is 0 Å². The fraction of sp³-hybridized carbons (Fsp3) is 0.273. The second kappa shape index (κ2) is 5.14. The number of carboxylic acids is 1. The average Bonchev–Trinajstić information content (AvgIpc) is 2.18. The number of aromatic nitrogens is 1. The lowest BCUT2D eigenvalue weighted by molar-refractivity contribution is 0.0696. The van der Waals surface area contributed by atoms with Crippen LogP contribution < -0.4 is 4.74 Å². The summed E-state index contributed by atoms with van der Waals surface area (Å²) in [7, 11) is 0. The minimum atomic E-state index is -0.990. The molecule has 0 radical (unpaired) electrons. The molecule has 80 valence electrons. The van der Waals surface area contributed by atoms with Gasteiger partial charge in [-0.05, 0) is 13.0 Å². The van der Waals surface area contributed by atoms with Crippen LogP contribution in [0.5, 0.6) is 5.88 Å². The zero-order chi connectivity index (χ0) is 11.3. The highest BCUT2D eigenvalue weighted by molar-refractivity contribution is 5.87. The Kier molecular flexibility index (Phi) is 3.85. The topological polar surface area (TPSA) is 59.4 Å². The summed E-state index contributed by atoms with van der Waals surface area (Å²) in [5, 5.41) is 8.63. The first-order valence-electron chi connectivity index (χ1n) is 4.56. The van der Waals surface area contributed by atoms with E-state index < -0.39 is 5.97 Å². The van der Waals surface area contributed by atoms with E-state index >= 15 is 0 Å². The number of ether oxygens (including phenoxy) is 1. The van der Waals surface area contributed by atoms with Gasteiger partial charge in [0.1, 0.15) is 0 Å². The molecule has 1 rings (SSSR count). The molecular weight excluding hydrogens is 194 g/mol. The van der Waals surface area contributed by atoms with Gasteiger partial charge in [-0.1, -0.05) is 5.57 Å². The number of pyridine rings is 1. The quantitative estimate of drug-likeness (QED) is 0.751. The Labute approximate surface area is 88.2 Å². The van der Waals surface area contributed by atoms with Crippen LogP contribution in [0.2, 0.25) is 0 Å². The molecule has 0 unspecified atom stereocenters. The molecule has 4 nitrogen and oxygen atoms in total. The van der Waals surface area contributed by atoms with E-state index in [9.17, 15) is 4.79 Å². The van der Waals surface area contributed by atoms with E-state index in [1.807, 2.05) is 6.92 Å². The number of hydrogen-bond donors (Lipinski definition) is 1. The highest BCUT2D eigenvalue weighted by Gasteiger charge is 2.02. The molecule has 0 bridgehead atoms. The molecule has 0 atom stereocenters. The second-order valence-electron chi connectivity index (χ2n) is 3.25. The standard InChI is InChI=1S/C11H13NO3/c1-8(2)5-6-15-10-4-3-9(7-12-10)11(13)14/h3-4,7H,1,5-6H2,2H3,(H,13,14). The van der Waals surface area contributed by atoms with E-state index in [1.54, 1.807) is 6.07 Å². The summed E-state index contributed by atoms with van der Waals surface area (Å²) in [6.07, 6.45) is 2.04. The highest BCUT2D eigenvalue weighted by atomic mass is 16.5. The molecule has 0 aliphatic rings. The third-order valence-corrected chi connectivity index (χ3v) is 1.76. The SMILES string of the molecule is C=C(C)CCOc1ccc(C(=O)O)cn1. The van der Waals surface area contributed by atoms with Crippen LogP contribution in [-0.2, 0) is 0 Å². The molecule has 0 saturated carbocycles. The third-order valence-electron chi connectivity index (χ3n) is 1.76. The largest absolute Gasteiger partial charge is 0.478 e. The maximum Gasteiger partial charge on any atom is 0.337 e. The van der Waals surface area contributed by atoms with Gasteiger partial charge in [0, 0.05) is 18.7 Å². The van der Waals surface area contributed by atoms with Crippen molar-refractivity contribution in [1.29, 1.82) is 0 Å². The number of nitrogens with zero attached hydrogens (tertiary/aromatic N) is 1. The summed E-state index contributed by atoms with van der Waals surface area (Å²) in [6, 6.07) is 3.01. The Hall–Kier alpha value is -1.84. The summed E-state index contributed by atoms with van der Waals surface area (Å²) in [5.74, 6) is -0.558. The predicted molar refractivity (Wildman–Crippen MR) is 56.1 cm³/mol. The number of carbonyl (C=O) groups is 1. The van der Waals surface area contributed by atoms with Crippen molar-refractivity contribution in [3.05, 3.63) is 36.0 Å². The van der Waals surface area contributed by atoms with Crippen LogP contribution in [0.25, 0.3) is 0 Å². The van der Waals surface area contributed by atoms with E-state index in [0.29, 0.717) is 12.5 Å². The van der Waals surface area contributed by atoms with E-state index in [1.165, 1.54) is 12.3 Å². The predicted octanol–water partition coefficient (Wildman–Crippen LogP) is 2.12. The first-order valence-corrected chi connectivity index (χ1v) is 4.56. The molecule has 1 N–H and O–H groups in total. The van der Waals surface area contributed by atoms with Crippen molar-refractivity contribution < 1.29 is 14.6 Å². The van der Waals surface area contributed by atoms with E-state index in [0.717, 1.165) is 12.0 Å². The van der Waals surface area contributed by atoms with Crippen LogP contribution in [0.3, 0.4) is 0 Å². The van der Waals surface area contributed by atoms with Gasteiger partial charge in [0.15, 0.2) is 0 Å². The maximum absolute atomic E-state index is 10.5. The zero-order valence-electron chi connectivity index (χ0n) is 8.56. The fourth-order valence-electron chi connectivity index (χ4n) is 0.922. The summed E-state index contributed by atoms with van der Waals surface area (Å²) in [4.78, 5) is 14.4. The molecule has 0 aromatic carbocycles. The average molecular weight is 207 g/mol. The molecule has 0 amide bonds. The summed E-state index contributed by atoms with van der Waals surface area (Å²) in [5.41, 5.74) is 1.19. The first kappa shape index (κ1) is 11.2. The van der Waals surface area contributed by atoms with Gasteiger partial charge in [0.05, 0.1) is 12.2 Å². The smallest absolute Gasteiger partial charge is 0.337 e. The van der Waals surface area contributed by atoms with E-state index in [4.69, 9.17) is 9.84 Å². The number of carboxylic acid groups (broad SMARTS) is 1. The third kappa shape index (κ3) is 3.81. The molecule has 1 heterocycles. The Balaban J connectivity index is 2.50. The molecule has 0 aliphatic carbocycles. The lowest BCUT2D eigenvalue weighted by Gasteiger charge is -2.04. The number of hydrogen-bond acceptors (Lipinski definition) is 3. The van der Waals surface area contributed by atoms with Crippen LogP contribution in [0.15, 0.2) is 30.5 Å². The van der Waals surface area contributed by atoms with Crippen molar-refractivity contribution in [3.8, 4) is 5.88 Å². The zero-order valence-corrected chi connectivity index (χ0v) is 8.56. The van der Waals surface area contributed by atoms with Crippen molar-refractivity contribution in [2.24, 2.45) is 0 Å². The second-order valence-corrected chi connectivity index (χ2v) is 3.25. The van der Waals surface area contributed by atoms with Gasteiger partial charge in [-0.2, -0.15) is 0 Å². The van der Waals surface area contributed by atoms with Crippen LogP contribution in [0, 0.1) is 0 Å². The van der Waals surface area contributed by atoms with Gasteiger partial charge in [-0.3, -0.25) is 0 Å². The summed E-state index contributed by atoms with van der Waals surface area (Å²) in [6.45, 7) is 6.18. The van der Waals surface area contributed by atoms with Crippen LogP contribution in [0.1, 0.15) is 23.7 Å². The summed E-state index contributed by atoms with van der Waals surface area (Å²) >= 11 is 0. The molecule has 0 spiro atoms. The fourth-order valence-corrected chi connectivity index (χ4v) is 0.922. The minimum Gasteiger partial charge on any atom is -0.478 e. The van der Waals surface area contributed by atoms with Crippen molar-refractivity contribution in [1.82, 2.24) is 4.98 Å². The Morgan fingerprint density at radius 3 is 2.80 bits per heavy atom. The monoisotopic (exact) mass is 207 g/mol. The van der Waals surface area contributed by atoms with Crippen LogP contribution in [-0.4, -0.2) is 22.7 Å². The van der Waals surface area contributed by atoms with Crippen molar-refractivity contribution in [3.63, 3.8) is 0 Å². The lowest BCUT2D eigenvalue weighted by atomic mass is 10.3. The van der Waals surface area contributed by atoms with Crippen molar-refractivity contribution in [2.45, 2.75) is 13.3 Å². The van der Waals surface area contributed by atoms with Gasteiger partial charge < -0.3 is 9.84 Å². The highest BCUT2D eigenvalue weighted by Crippen LogP contribution is 2.08. The first-order chi connectivity index (χ1) is 7.09. The molecule has 4 heteroatoms. The van der Waals surface area contributed by atoms with Crippen LogP contribution in [0.4, 0.5) is 0 Å². The number of rotatable bonds is 5. The maximum atomic E-state index is 10.5. The van der Waals surface area contributed by atoms with E-state index in [-0.39, 0.29) is 5.56 Å². The number of aromatic carboxylic acids is 1. The molecule has 1 aromatic rings. The molecule has 1 aromatic heterocycles. The Morgan fingerprint density at radius 2 is 2.33 bits per heavy atom.